The lowest BCUT2D eigenvalue weighted by molar-refractivity contribution is 0.870. The molecule has 2 heterocycles. The van der Waals surface area contributed by atoms with E-state index in [1.807, 2.05) is 6.92 Å². The second kappa shape index (κ2) is 4.63. The molecule has 0 aliphatic rings. The maximum Gasteiger partial charge on any atom is 0.161 e. The van der Waals surface area contributed by atoms with E-state index in [4.69, 9.17) is 0 Å². The summed E-state index contributed by atoms with van der Waals surface area (Å²) in [5, 5.41) is 14.2. The monoisotopic (exact) mass is 304 g/mol. The zero-order valence-corrected chi connectivity index (χ0v) is 11.5. The molecule has 0 aliphatic carbocycles. The van der Waals surface area contributed by atoms with Gasteiger partial charge in [-0.1, -0.05) is 38.7 Å². The summed E-state index contributed by atoms with van der Waals surface area (Å²) < 4.78 is 3.89. The molecule has 2 rings (SSSR count). The Kier molecular flexibility index (Phi) is 3.42. The average molecular weight is 305 g/mol. The number of hydrogen-bond acceptors (Lipinski definition) is 6. The van der Waals surface area contributed by atoms with E-state index < -0.39 is 0 Å². The van der Waals surface area contributed by atoms with Crippen LogP contribution in [0.3, 0.4) is 0 Å². The van der Waals surface area contributed by atoms with Crippen molar-refractivity contribution in [1.29, 1.82) is 0 Å². The molecule has 0 radical (unpaired) electrons. The number of hydrogen-bond donors (Lipinski definition) is 0. The molecule has 0 amide bonds. The van der Waals surface area contributed by atoms with Gasteiger partial charge >= 0.3 is 0 Å². The van der Waals surface area contributed by atoms with Crippen molar-refractivity contribution in [1.82, 2.24) is 19.8 Å². The highest BCUT2D eigenvalue weighted by atomic mass is 79.9. The molecule has 15 heavy (non-hydrogen) atoms. The molecule has 2 aromatic heterocycles. The Morgan fingerprint density at radius 1 is 1.33 bits per heavy atom. The zero-order chi connectivity index (χ0) is 10.8. The summed E-state index contributed by atoms with van der Waals surface area (Å²) >= 11 is 6.53. The first-order valence-electron chi connectivity index (χ1n) is 4.49. The average Bonchev–Trinajstić information content (AvgIpc) is 2.84. The first-order chi connectivity index (χ1) is 7.22. The molecule has 0 aliphatic heterocycles. The highest BCUT2D eigenvalue weighted by Gasteiger charge is 2.15. The van der Waals surface area contributed by atoms with Crippen LogP contribution in [0.4, 0.5) is 0 Å². The van der Waals surface area contributed by atoms with Gasteiger partial charge in [-0.3, -0.25) is 0 Å². The lowest BCUT2D eigenvalue weighted by Crippen LogP contribution is -1.84. The lowest BCUT2D eigenvalue weighted by atomic mass is 10.4. The van der Waals surface area contributed by atoms with Crippen LogP contribution in [0, 0.1) is 6.92 Å². The van der Waals surface area contributed by atoms with Gasteiger partial charge in [0.25, 0.3) is 0 Å². The van der Waals surface area contributed by atoms with Crippen LogP contribution < -0.4 is 0 Å². The second-order valence-corrected chi connectivity index (χ2v) is 5.88. The fourth-order valence-corrected chi connectivity index (χ4v) is 3.10. The van der Waals surface area contributed by atoms with E-state index in [1.54, 1.807) is 11.3 Å². The van der Waals surface area contributed by atoms with Gasteiger partial charge in [-0.2, -0.15) is 0 Å². The van der Waals surface area contributed by atoms with E-state index in [0.717, 1.165) is 27.0 Å². The van der Waals surface area contributed by atoms with E-state index in [0.29, 0.717) is 4.83 Å². The van der Waals surface area contributed by atoms with Crippen LogP contribution in [0.25, 0.3) is 9.88 Å². The largest absolute Gasteiger partial charge is 0.161 e. The van der Waals surface area contributed by atoms with Crippen molar-refractivity contribution in [3.8, 4) is 9.88 Å². The Morgan fingerprint density at radius 2 is 2.13 bits per heavy atom. The standard InChI is InChI=1S/C8H9BrN4S2/c1-3-5(9)7-11-12-8(14-7)6-4(2)10-13-15-6/h5H,3H2,1-2H3. The van der Waals surface area contributed by atoms with Crippen LogP contribution in [0.15, 0.2) is 0 Å². The van der Waals surface area contributed by atoms with Crippen LogP contribution in [-0.4, -0.2) is 19.8 Å². The summed E-state index contributed by atoms with van der Waals surface area (Å²) in [6, 6.07) is 0. The lowest BCUT2D eigenvalue weighted by Gasteiger charge is -1.97. The Balaban J connectivity index is 2.32. The fourth-order valence-electron chi connectivity index (χ4n) is 1.06. The summed E-state index contributed by atoms with van der Waals surface area (Å²) in [4.78, 5) is 1.32. The summed E-state index contributed by atoms with van der Waals surface area (Å²) in [7, 11) is 0. The highest BCUT2D eigenvalue weighted by molar-refractivity contribution is 9.09. The van der Waals surface area contributed by atoms with Crippen LogP contribution in [-0.2, 0) is 0 Å². The van der Waals surface area contributed by atoms with E-state index in [2.05, 4.69) is 42.6 Å². The van der Waals surface area contributed by atoms with Gasteiger partial charge in [-0.05, 0) is 24.9 Å². The number of nitrogens with zero attached hydrogens (tertiary/aromatic N) is 4. The van der Waals surface area contributed by atoms with E-state index in [9.17, 15) is 0 Å². The molecular formula is C8H9BrN4S2. The van der Waals surface area contributed by atoms with Crippen molar-refractivity contribution in [3.63, 3.8) is 0 Å². The minimum Gasteiger partial charge on any atom is -0.143 e. The summed E-state index contributed by atoms with van der Waals surface area (Å²) in [5.74, 6) is 0. The normalized spacial score (nSPS) is 13.0. The van der Waals surface area contributed by atoms with Crippen LogP contribution in [0.1, 0.15) is 28.9 Å². The van der Waals surface area contributed by atoms with Crippen molar-refractivity contribution in [3.05, 3.63) is 10.7 Å². The molecule has 0 N–H and O–H groups in total. The third kappa shape index (κ3) is 2.24. The maximum absolute atomic E-state index is 4.16. The van der Waals surface area contributed by atoms with Crippen molar-refractivity contribution >= 4 is 38.8 Å². The van der Waals surface area contributed by atoms with Gasteiger partial charge in [0.1, 0.15) is 9.88 Å². The molecule has 80 valence electrons. The fraction of sp³-hybridized carbons (Fsp3) is 0.500. The predicted octanol–water partition coefficient (Wildman–Crippen LogP) is 3.21. The van der Waals surface area contributed by atoms with Crippen LogP contribution in [0.2, 0.25) is 0 Å². The molecule has 1 atom stereocenters. The van der Waals surface area contributed by atoms with Gasteiger partial charge in [0.2, 0.25) is 0 Å². The first-order valence-corrected chi connectivity index (χ1v) is 6.99. The van der Waals surface area contributed by atoms with E-state index in [1.165, 1.54) is 11.5 Å². The van der Waals surface area contributed by atoms with Gasteiger partial charge in [0.15, 0.2) is 5.01 Å². The molecule has 7 heteroatoms. The Bertz CT molecular complexity index is 453. The Morgan fingerprint density at radius 3 is 2.73 bits per heavy atom. The number of rotatable bonds is 3. The van der Waals surface area contributed by atoms with Gasteiger partial charge in [-0.15, -0.1) is 15.3 Å². The van der Waals surface area contributed by atoms with Gasteiger partial charge in [0, 0.05) is 0 Å². The minimum absolute atomic E-state index is 0.296. The minimum atomic E-state index is 0.296. The molecule has 0 fully saturated rings. The smallest absolute Gasteiger partial charge is 0.143 e. The van der Waals surface area contributed by atoms with Crippen molar-refractivity contribution < 1.29 is 0 Å². The second-order valence-electron chi connectivity index (χ2n) is 3.01. The zero-order valence-electron chi connectivity index (χ0n) is 8.27. The van der Waals surface area contributed by atoms with Crippen molar-refractivity contribution in [2.24, 2.45) is 0 Å². The SMILES string of the molecule is CCC(Br)c1nnc(-c2snnc2C)s1. The van der Waals surface area contributed by atoms with Crippen molar-refractivity contribution in [2.45, 2.75) is 25.1 Å². The third-order valence-electron chi connectivity index (χ3n) is 1.91. The Labute approximate surface area is 104 Å². The maximum atomic E-state index is 4.16. The summed E-state index contributed by atoms with van der Waals surface area (Å²) in [5.41, 5.74) is 0.922. The number of halogens is 1. The molecule has 0 bridgehead atoms. The topological polar surface area (TPSA) is 51.6 Å². The molecular weight excluding hydrogens is 296 g/mol. The molecule has 0 saturated carbocycles. The number of aryl methyl sites for hydroxylation is 1. The Hall–Kier alpha value is -0.400. The van der Waals surface area contributed by atoms with E-state index >= 15 is 0 Å². The third-order valence-corrected chi connectivity index (χ3v) is 5.32. The number of alkyl halides is 1. The van der Waals surface area contributed by atoms with Gasteiger partial charge < -0.3 is 0 Å². The summed E-state index contributed by atoms with van der Waals surface area (Å²) in [6.45, 7) is 4.05. The first kappa shape index (κ1) is 11.1. The quantitative estimate of drug-likeness (QED) is 0.817. The summed E-state index contributed by atoms with van der Waals surface area (Å²) in [6.07, 6.45) is 1.01. The molecule has 0 aromatic carbocycles. The van der Waals surface area contributed by atoms with Crippen molar-refractivity contribution in [2.75, 3.05) is 0 Å². The van der Waals surface area contributed by atoms with Crippen LogP contribution >= 0.6 is 38.8 Å². The number of aromatic nitrogens is 4. The molecule has 0 saturated heterocycles. The van der Waals surface area contributed by atoms with E-state index in [-0.39, 0.29) is 0 Å². The molecule has 1 unspecified atom stereocenters. The van der Waals surface area contributed by atoms with Gasteiger partial charge in [0.05, 0.1) is 10.5 Å². The predicted molar refractivity (Wildman–Crippen MR) is 65.5 cm³/mol. The van der Waals surface area contributed by atoms with Crippen LogP contribution in [0.5, 0.6) is 0 Å². The van der Waals surface area contributed by atoms with Gasteiger partial charge in [-0.25, -0.2) is 0 Å². The molecule has 4 nitrogen and oxygen atoms in total. The highest BCUT2D eigenvalue weighted by Crippen LogP contribution is 2.34. The molecule has 0 spiro atoms. The molecule has 2 aromatic rings.